The van der Waals surface area contributed by atoms with Crippen LogP contribution in [-0.2, 0) is 4.74 Å². The summed E-state index contributed by atoms with van der Waals surface area (Å²) in [6.45, 7) is 4.06. The normalized spacial score (nSPS) is 21.9. The molecular weight excluding hydrogens is 266 g/mol. The highest BCUT2D eigenvalue weighted by molar-refractivity contribution is 5.87. The molecule has 5 nitrogen and oxygen atoms in total. The second kappa shape index (κ2) is 6.08. The highest BCUT2D eigenvalue weighted by Crippen LogP contribution is 2.28. The number of pyridine rings is 1. The summed E-state index contributed by atoms with van der Waals surface area (Å²) in [6, 6.07) is 9.80. The van der Waals surface area contributed by atoms with E-state index < -0.39 is 0 Å². The van der Waals surface area contributed by atoms with Crippen LogP contribution in [0.4, 0.5) is 0 Å². The molecule has 3 rings (SSSR count). The number of hydrogen-bond donors (Lipinski definition) is 1. The fraction of sp³-hybridized carbons (Fsp3) is 0.375. The zero-order valence-electron chi connectivity index (χ0n) is 11.9. The Morgan fingerprint density at radius 3 is 3.10 bits per heavy atom. The summed E-state index contributed by atoms with van der Waals surface area (Å²) in [5, 5.41) is 13.4. The minimum Gasteiger partial charge on any atom is -0.489 e. The van der Waals surface area contributed by atoms with E-state index in [1.54, 1.807) is 6.20 Å². The van der Waals surface area contributed by atoms with Crippen molar-refractivity contribution < 1.29 is 9.47 Å². The highest BCUT2D eigenvalue weighted by atomic mass is 16.5. The molecule has 1 saturated heterocycles. The number of benzene rings is 1. The fourth-order valence-corrected chi connectivity index (χ4v) is 2.50. The number of ether oxygens (including phenoxy) is 2. The van der Waals surface area contributed by atoms with Crippen LogP contribution in [-0.4, -0.2) is 36.9 Å². The summed E-state index contributed by atoms with van der Waals surface area (Å²) >= 11 is 0. The molecule has 1 N–H and O–H groups in total. The largest absolute Gasteiger partial charge is 0.489 e. The Morgan fingerprint density at radius 2 is 2.29 bits per heavy atom. The van der Waals surface area contributed by atoms with Gasteiger partial charge < -0.3 is 14.8 Å². The Bertz CT molecular complexity index is 681. The molecule has 108 valence electrons. The summed E-state index contributed by atoms with van der Waals surface area (Å²) in [7, 11) is 0. The molecule has 1 aliphatic rings. The van der Waals surface area contributed by atoms with Crippen molar-refractivity contribution in [3.63, 3.8) is 0 Å². The number of hydrogen-bond acceptors (Lipinski definition) is 5. The molecule has 2 atom stereocenters. The number of rotatable bonds is 3. The Labute approximate surface area is 123 Å². The van der Waals surface area contributed by atoms with Gasteiger partial charge in [-0.25, -0.2) is 0 Å². The SMILES string of the molecule is CC1CNCC(COc2c(C#N)cnc3ccccc23)O1. The van der Waals surface area contributed by atoms with Crippen LogP contribution in [0, 0.1) is 11.3 Å². The molecule has 1 aromatic heterocycles. The van der Waals surface area contributed by atoms with E-state index in [-0.39, 0.29) is 12.2 Å². The van der Waals surface area contributed by atoms with Crippen molar-refractivity contribution in [3.05, 3.63) is 36.0 Å². The summed E-state index contributed by atoms with van der Waals surface area (Å²) in [5.41, 5.74) is 1.27. The van der Waals surface area contributed by atoms with Gasteiger partial charge in [0.1, 0.15) is 30.1 Å². The van der Waals surface area contributed by atoms with Gasteiger partial charge in [-0.2, -0.15) is 5.26 Å². The van der Waals surface area contributed by atoms with Gasteiger partial charge in [-0.3, -0.25) is 4.98 Å². The van der Waals surface area contributed by atoms with E-state index in [9.17, 15) is 5.26 Å². The van der Waals surface area contributed by atoms with Gasteiger partial charge in [0.2, 0.25) is 0 Å². The van der Waals surface area contributed by atoms with Gasteiger partial charge in [-0.05, 0) is 19.1 Å². The van der Waals surface area contributed by atoms with Crippen molar-refractivity contribution in [1.82, 2.24) is 10.3 Å². The maximum absolute atomic E-state index is 9.24. The molecule has 0 saturated carbocycles. The molecule has 0 amide bonds. The topological polar surface area (TPSA) is 67.2 Å². The minimum absolute atomic E-state index is 0.00720. The molecule has 0 radical (unpaired) electrons. The summed E-state index contributed by atoms with van der Waals surface area (Å²) in [6.07, 6.45) is 1.73. The predicted molar refractivity (Wildman–Crippen MR) is 79.2 cm³/mol. The molecule has 2 heterocycles. The molecule has 1 aliphatic heterocycles. The van der Waals surface area contributed by atoms with Crippen LogP contribution in [0.1, 0.15) is 12.5 Å². The van der Waals surface area contributed by atoms with Gasteiger partial charge in [-0.15, -0.1) is 0 Å². The van der Waals surface area contributed by atoms with E-state index in [1.165, 1.54) is 0 Å². The lowest BCUT2D eigenvalue weighted by Crippen LogP contribution is -2.45. The van der Waals surface area contributed by atoms with Crippen LogP contribution in [0.3, 0.4) is 0 Å². The van der Waals surface area contributed by atoms with E-state index in [0.717, 1.165) is 24.0 Å². The van der Waals surface area contributed by atoms with Crippen LogP contribution in [0.2, 0.25) is 0 Å². The molecule has 5 heteroatoms. The molecule has 21 heavy (non-hydrogen) atoms. The first-order chi connectivity index (χ1) is 10.3. The van der Waals surface area contributed by atoms with E-state index in [4.69, 9.17) is 9.47 Å². The smallest absolute Gasteiger partial charge is 0.148 e. The maximum Gasteiger partial charge on any atom is 0.148 e. The fourth-order valence-electron chi connectivity index (χ4n) is 2.50. The van der Waals surface area contributed by atoms with Crippen molar-refractivity contribution in [2.75, 3.05) is 19.7 Å². The first-order valence-electron chi connectivity index (χ1n) is 7.04. The molecule has 1 fully saturated rings. The van der Waals surface area contributed by atoms with Crippen molar-refractivity contribution in [1.29, 1.82) is 5.26 Å². The van der Waals surface area contributed by atoms with Gasteiger partial charge in [0.15, 0.2) is 0 Å². The van der Waals surface area contributed by atoms with E-state index in [1.807, 2.05) is 31.2 Å². The van der Waals surface area contributed by atoms with Crippen LogP contribution >= 0.6 is 0 Å². The molecule has 0 spiro atoms. The molecule has 2 aromatic rings. The van der Waals surface area contributed by atoms with Crippen molar-refractivity contribution in [3.8, 4) is 11.8 Å². The van der Waals surface area contributed by atoms with E-state index >= 15 is 0 Å². The number of nitrogens with one attached hydrogen (secondary N) is 1. The highest BCUT2D eigenvalue weighted by Gasteiger charge is 2.20. The summed E-state index contributed by atoms with van der Waals surface area (Å²) < 4.78 is 11.7. The Morgan fingerprint density at radius 1 is 1.43 bits per heavy atom. The molecular formula is C16H17N3O2. The molecule has 0 aliphatic carbocycles. The molecule has 2 unspecified atom stereocenters. The monoisotopic (exact) mass is 283 g/mol. The second-order valence-corrected chi connectivity index (χ2v) is 5.17. The van der Waals surface area contributed by atoms with Crippen LogP contribution in [0.5, 0.6) is 5.75 Å². The number of fused-ring (bicyclic) bond motifs is 1. The third-order valence-corrected chi connectivity index (χ3v) is 3.49. The van der Waals surface area contributed by atoms with E-state index in [2.05, 4.69) is 16.4 Å². The van der Waals surface area contributed by atoms with Crippen molar-refractivity contribution in [2.45, 2.75) is 19.1 Å². The van der Waals surface area contributed by atoms with Gasteiger partial charge in [-0.1, -0.05) is 12.1 Å². The first kappa shape index (κ1) is 13.8. The zero-order valence-corrected chi connectivity index (χ0v) is 11.9. The first-order valence-corrected chi connectivity index (χ1v) is 7.04. The number of para-hydroxylation sites is 1. The second-order valence-electron chi connectivity index (χ2n) is 5.17. The van der Waals surface area contributed by atoms with Crippen molar-refractivity contribution >= 4 is 10.9 Å². The average Bonchev–Trinajstić information content (AvgIpc) is 2.52. The molecule has 1 aromatic carbocycles. The average molecular weight is 283 g/mol. The quantitative estimate of drug-likeness (QED) is 0.931. The maximum atomic E-state index is 9.24. The minimum atomic E-state index is -0.00720. The van der Waals surface area contributed by atoms with Crippen molar-refractivity contribution in [2.24, 2.45) is 0 Å². The lowest BCUT2D eigenvalue weighted by Gasteiger charge is -2.28. The van der Waals surface area contributed by atoms with E-state index in [0.29, 0.717) is 17.9 Å². The van der Waals surface area contributed by atoms with Gasteiger partial charge >= 0.3 is 0 Å². The number of morpholine rings is 1. The lowest BCUT2D eigenvalue weighted by molar-refractivity contribution is -0.0468. The van der Waals surface area contributed by atoms with Crippen LogP contribution in [0.15, 0.2) is 30.5 Å². The standard InChI is InChI=1S/C16H17N3O2/c1-11-7-18-9-13(21-11)10-20-16-12(6-17)8-19-15-5-3-2-4-14(15)16/h2-5,8,11,13,18H,7,9-10H2,1H3. The number of aromatic nitrogens is 1. The number of nitriles is 1. The van der Waals surface area contributed by atoms with Crippen LogP contribution < -0.4 is 10.1 Å². The van der Waals surface area contributed by atoms with Gasteiger partial charge in [0.05, 0.1) is 11.6 Å². The third-order valence-electron chi connectivity index (χ3n) is 3.49. The third kappa shape index (κ3) is 2.97. The molecule has 0 bridgehead atoms. The van der Waals surface area contributed by atoms with Gasteiger partial charge in [0.25, 0.3) is 0 Å². The Balaban J connectivity index is 1.84. The Hall–Kier alpha value is -2.16. The summed E-state index contributed by atoms with van der Waals surface area (Å²) in [4.78, 5) is 4.27. The van der Waals surface area contributed by atoms with Gasteiger partial charge in [0, 0.05) is 24.7 Å². The van der Waals surface area contributed by atoms with Crippen LogP contribution in [0.25, 0.3) is 10.9 Å². The predicted octanol–water partition coefficient (Wildman–Crippen LogP) is 1.86. The number of nitrogens with zero attached hydrogens (tertiary/aromatic N) is 2. The summed E-state index contributed by atoms with van der Waals surface area (Å²) in [5.74, 6) is 0.588. The lowest BCUT2D eigenvalue weighted by atomic mass is 10.1. The zero-order chi connectivity index (χ0) is 14.7. The Kier molecular flexibility index (Phi) is 4.00.